The lowest BCUT2D eigenvalue weighted by molar-refractivity contribution is -0.121. The van der Waals surface area contributed by atoms with Gasteiger partial charge in [0.15, 0.2) is 0 Å². The summed E-state index contributed by atoms with van der Waals surface area (Å²) in [5.41, 5.74) is 3.24. The SMILES string of the molecule is CCCCNC(=O)C[C@@H](c1ccc(F)cc1)c1cn(CC)c2ccccc12. The monoisotopic (exact) mass is 366 g/mol. The van der Waals surface area contributed by atoms with Crippen LogP contribution in [-0.2, 0) is 11.3 Å². The number of nitrogens with zero attached hydrogens (tertiary/aromatic N) is 1. The molecule has 4 heteroatoms. The van der Waals surface area contributed by atoms with E-state index in [1.807, 2.05) is 12.1 Å². The summed E-state index contributed by atoms with van der Waals surface area (Å²) in [5, 5.41) is 4.16. The first kappa shape index (κ1) is 19.2. The summed E-state index contributed by atoms with van der Waals surface area (Å²) in [7, 11) is 0. The van der Waals surface area contributed by atoms with E-state index in [2.05, 4.69) is 42.1 Å². The van der Waals surface area contributed by atoms with Crippen molar-refractivity contribution in [2.45, 2.75) is 45.6 Å². The topological polar surface area (TPSA) is 34.0 Å². The number of hydrogen-bond acceptors (Lipinski definition) is 1. The van der Waals surface area contributed by atoms with Gasteiger partial charge in [-0.3, -0.25) is 4.79 Å². The zero-order valence-electron chi connectivity index (χ0n) is 16.0. The molecule has 0 saturated heterocycles. The summed E-state index contributed by atoms with van der Waals surface area (Å²) in [4.78, 5) is 12.6. The van der Waals surface area contributed by atoms with Gasteiger partial charge in [0.1, 0.15) is 5.82 Å². The van der Waals surface area contributed by atoms with Crippen LogP contribution in [-0.4, -0.2) is 17.0 Å². The van der Waals surface area contributed by atoms with Crippen molar-refractivity contribution in [3.63, 3.8) is 0 Å². The number of amides is 1. The first-order chi connectivity index (χ1) is 13.1. The van der Waals surface area contributed by atoms with Crippen molar-refractivity contribution >= 4 is 16.8 Å². The van der Waals surface area contributed by atoms with Crippen LogP contribution in [0.1, 0.15) is 50.2 Å². The number of para-hydroxylation sites is 1. The molecular formula is C23H27FN2O. The molecule has 3 nitrogen and oxygen atoms in total. The van der Waals surface area contributed by atoms with Crippen LogP contribution in [0.4, 0.5) is 4.39 Å². The van der Waals surface area contributed by atoms with Crippen LogP contribution in [0.25, 0.3) is 10.9 Å². The van der Waals surface area contributed by atoms with Crippen molar-refractivity contribution < 1.29 is 9.18 Å². The molecule has 1 N–H and O–H groups in total. The van der Waals surface area contributed by atoms with Gasteiger partial charge in [0.25, 0.3) is 0 Å². The van der Waals surface area contributed by atoms with Crippen LogP contribution >= 0.6 is 0 Å². The largest absolute Gasteiger partial charge is 0.356 e. The van der Waals surface area contributed by atoms with Crippen LogP contribution in [0.2, 0.25) is 0 Å². The van der Waals surface area contributed by atoms with E-state index in [0.717, 1.165) is 41.4 Å². The molecule has 3 aromatic rings. The van der Waals surface area contributed by atoms with Crippen molar-refractivity contribution in [2.75, 3.05) is 6.54 Å². The van der Waals surface area contributed by atoms with Gasteiger partial charge in [-0.05, 0) is 42.7 Å². The molecule has 0 bridgehead atoms. The standard InChI is InChI=1S/C23H27FN2O/c1-3-5-14-25-23(27)15-20(17-10-12-18(24)13-11-17)21-16-26(4-2)22-9-7-6-8-19(21)22/h6-13,16,20H,3-5,14-15H2,1-2H3,(H,25,27)/t20-/m0/s1. The third kappa shape index (κ3) is 4.38. The fourth-order valence-corrected chi connectivity index (χ4v) is 3.58. The lowest BCUT2D eigenvalue weighted by Gasteiger charge is -2.17. The minimum atomic E-state index is -0.263. The Morgan fingerprint density at radius 2 is 1.85 bits per heavy atom. The molecule has 2 aromatic carbocycles. The van der Waals surface area contributed by atoms with Crippen molar-refractivity contribution in [1.82, 2.24) is 9.88 Å². The fourth-order valence-electron chi connectivity index (χ4n) is 3.58. The third-order valence-electron chi connectivity index (χ3n) is 5.05. The molecule has 3 rings (SSSR count). The maximum absolute atomic E-state index is 13.4. The lowest BCUT2D eigenvalue weighted by Crippen LogP contribution is -2.26. The van der Waals surface area contributed by atoms with E-state index < -0.39 is 0 Å². The normalized spacial score (nSPS) is 12.3. The van der Waals surface area contributed by atoms with E-state index in [-0.39, 0.29) is 17.6 Å². The van der Waals surface area contributed by atoms with Gasteiger partial charge in [0, 0.05) is 42.5 Å². The van der Waals surface area contributed by atoms with Gasteiger partial charge in [0.05, 0.1) is 0 Å². The van der Waals surface area contributed by atoms with Crippen molar-refractivity contribution in [1.29, 1.82) is 0 Å². The molecule has 0 aliphatic carbocycles. The molecule has 142 valence electrons. The average molecular weight is 366 g/mol. The second-order valence-corrected chi connectivity index (χ2v) is 6.90. The van der Waals surface area contributed by atoms with Gasteiger partial charge in [-0.2, -0.15) is 0 Å². The maximum Gasteiger partial charge on any atom is 0.220 e. The Labute approximate surface area is 160 Å². The molecule has 1 heterocycles. The first-order valence-electron chi connectivity index (χ1n) is 9.74. The fraction of sp³-hybridized carbons (Fsp3) is 0.348. The molecule has 0 aliphatic heterocycles. The van der Waals surface area contributed by atoms with Crippen LogP contribution in [0, 0.1) is 5.82 Å². The number of nitrogens with one attached hydrogen (secondary N) is 1. The van der Waals surface area contributed by atoms with Crippen molar-refractivity contribution in [2.24, 2.45) is 0 Å². The van der Waals surface area contributed by atoms with E-state index in [9.17, 15) is 9.18 Å². The van der Waals surface area contributed by atoms with Gasteiger partial charge >= 0.3 is 0 Å². The van der Waals surface area contributed by atoms with E-state index in [0.29, 0.717) is 13.0 Å². The van der Waals surface area contributed by atoms with Gasteiger partial charge in [-0.25, -0.2) is 4.39 Å². The van der Waals surface area contributed by atoms with Gasteiger partial charge in [-0.15, -0.1) is 0 Å². The Balaban J connectivity index is 1.99. The molecule has 1 aromatic heterocycles. The van der Waals surface area contributed by atoms with Crippen LogP contribution in [0.3, 0.4) is 0 Å². The highest BCUT2D eigenvalue weighted by molar-refractivity contribution is 5.86. The maximum atomic E-state index is 13.4. The number of carbonyl (C=O) groups excluding carboxylic acids is 1. The number of benzene rings is 2. The highest BCUT2D eigenvalue weighted by Gasteiger charge is 2.22. The zero-order chi connectivity index (χ0) is 19.2. The highest BCUT2D eigenvalue weighted by atomic mass is 19.1. The highest BCUT2D eigenvalue weighted by Crippen LogP contribution is 2.34. The lowest BCUT2D eigenvalue weighted by atomic mass is 9.88. The second kappa shape index (κ2) is 8.85. The van der Waals surface area contributed by atoms with Crippen molar-refractivity contribution in [3.8, 4) is 0 Å². The number of unbranched alkanes of at least 4 members (excludes halogenated alkanes) is 1. The third-order valence-corrected chi connectivity index (χ3v) is 5.05. The summed E-state index contributed by atoms with van der Waals surface area (Å²) >= 11 is 0. The predicted molar refractivity (Wildman–Crippen MR) is 108 cm³/mol. The summed E-state index contributed by atoms with van der Waals surface area (Å²) in [6.07, 6.45) is 4.51. The minimum Gasteiger partial charge on any atom is -0.356 e. The smallest absolute Gasteiger partial charge is 0.220 e. The number of fused-ring (bicyclic) bond motifs is 1. The van der Waals surface area contributed by atoms with Gasteiger partial charge < -0.3 is 9.88 Å². The van der Waals surface area contributed by atoms with E-state index in [1.54, 1.807) is 12.1 Å². The zero-order valence-corrected chi connectivity index (χ0v) is 16.0. The number of rotatable bonds is 8. The van der Waals surface area contributed by atoms with E-state index in [4.69, 9.17) is 0 Å². The number of aryl methyl sites for hydroxylation is 1. The van der Waals surface area contributed by atoms with Gasteiger partial charge in [-0.1, -0.05) is 43.7 Å². The second-order valence-electron chi connectivity index (χ2n) is 6.90. The Bertz CT molecular complexity index is 898. The molecule has 0 unspecified atom stereocenters. The predicted octanol–water partition coefficient (Wildman–Crippen LogP) is 5.24. The molecule has 0 spiro atoms. The molecule has 0 radical (unpaired) electrons. The molecule has 0 aliphatic rings. The number of hydrogen-bond donors (Lipinski definition) is 1. The van der Waals surface area contributed by atoms with Crippen molar-refractivity contribution in [3.05, 3.63) is 71.7 Å². The molecule has 0 saturated carbocycles. The van der Waals surface area contributed by atoms with Crippen LogP contribution in [0.5, 0.6) is 0 Å². The quantitative estimate of drug-likeness (QED) is 0.544. The Morgan fingerprint density at radius 1 is 1.11 bits per heavy atom. The molecular weight excluding hydrogens is 339 g/mol. The van der Waals surface area contributed by atoms with Gasteiger partial charge in [0.2, 0.25) is 5.91 Å². The summed E-state index contributed by atoms with van der Waals surface area (Å²) in [5.74, 6) is -0.336. The number of carbonyl (C=O) groups is 1. The average Bonchev–Trinajstić information content (AvgIpc) is 3.06. The molecule has 27 heavy (non-hydrogen) atoms. The van der Waals surface area contributed by atoms with Crippen LogP contribution in [0.15, 0.2) is 54.7 Å². The number of halogens is 1. The molecule has 0 fully saturated rings. The summed E-state index contributed by atoms with van der Waals surface area (Å²) in [6, 6.07) is 14.8. The van der Waals surface area contributed by atoms with Crippen LogP contribution < -0.4 is 5.32 Å². The number of aromatic nitrogens is 1. The molecule has 1 atom stereocenters. The Hall–Kier alpha value is -2.62. The Morgan fingerprint density at radius 3 is 2.56 bits per heavy atom. The Kier molecular flexibility index (Phi) is 6.28. The first-order valence-corrected chi connectivity index (χ1v) is 9.74. The van der Waals surface area contributed by atoms with E-state index in [1.165, 1.54) is 12.1 Å². The summed E-state index contributed by atoms with van der Waals surface area (Å²) in [6.45, 7) is 5.77. The summed E-state index contributed by atoms with van der Waals surface area (Å²) < 4.78 is 15.7. The minimum absolute atomic E-state index is 0.0334. The van der Waals surface area contributed by atoms with E-state index >= 15 is 0 Å². The molecule has 1 amide bonds.